The van der Waals surface area contributed by atoms with Gasteiger partial charge in [-0.3, -0.25) is 4.79 Å². The maximum atomic E-state index is 15.9. The molecule has 230 valence electrons. The fraction of sp³-hybridized carbons (Fsp3) is 0.448. The summed E-state index contributed by atoms with van der Waals surface area (Å²) >= 11 is 0. The molecule has 0 aliphatic carbocycles. The van der Waals surface area contributed by atoms with E-state index in [1.165, 1.54) is 65.9 Å². The first-order chi connectivity index (χ1) is 19.9. The first-order valence-electron chi connectivity index (χ1n) is 13.1. The zero-order valence-corrected chi connectivity index (χ0v) is 24.7. The van der Waals surface area contributed by atoms with E-state index in [1.54, 1.807) is 0 Å². The molecule has 2 aromatic rings. The molecule has 0 spiro atoms. The van der Waals surface area contributed by atoms with Crippen LogP contribution in [0.4, 0.5) is 28.4 Å². The molecule has 43 heavy (non-hydrogen) atoms. The number of anilines is 1. The third-order valence-electron chi connectivity index (χ3n) is 5.84. The Morgan fingerprint density at radius 1 is 1.09 bits per heavy atom. The van der Waals surface area contributed by atoms with Crippen LogP contribution in [0.25, 0.3) is 0 Å². The number of carbonyl (C=O) groups is 3. The minimum absolute atomic E-state index is 0.00262. The molecule has 0 radical (unpaired) electrons. The number of carbonyl (C=O) groups excluding carboxylic acids is 3. The number of nitriles is 1. The Bertz CT molecular complexity index is 1430. The first kappa shape index (κ1) is 32.8. The van der Waals surface area contributed by atoms with Crippen molar-refractivity contribution in [2.45, 2.75) is 77.5 Å². The van der Waals surface area contributed by atoms with Gasteiger partial charge in [0.15, 0.2) is 12.3 Å². The molecule has 1 aromatic heterocycles. The van der Waals surface area contributed by atoms with Gasteiger partial charge in [-0.25, -0.2) is 32.7 Å². The molecule has 0 saturated heterocycles. The Kier molecular flexibility index (Phi) is 9.38. The maximum Gasteiger partial charge on any atom is 0.428 e. The maximum absolute atomic E-state index is 15.9. The standard InChI is InChI=1S/C29H32F3N5O6/c1-27(2,3)42-25(39)37(26(40)43-28(4,5)6)24-36-29(7,22(32)21(13-30)41-24)18-12-17(9-10-19(18)31)35-23(38)20-11-8-16(14-33)15-34-20/h8-12,15,21-22H,13H2,1-7H3,(H,35,38)/t21-,22-,29+/m0/s1. The summed E-state index contributed by atoms with van der Waals surface area (Å²) in [4.78, 5) is 47.2. The van der Waals surface area contributed by atoms with Crippen LogP contribution < -0.4 is 5.32 Å². The smallest absolute Gasteiger partial charge is 0.428 e. The monoisotopic (exact) mass is 603 g/mol. The van der Waals surface area contributed by atoms with Crippen molar-refractivity contribution < 1.29 is 41.8 Å². The van der Waals surface area contributed by atoms with Crippen LogP contribution in [-0.4, -0.2) is 64.2 Å². The highest BCUT2D eigenvalue weighted by Crippen LogP contribution is 2.40. The van der Waals surface area contributed by atoms with Gasteiger partial charge in [-0.1, -0.05) is 0 Å². The summed E-state index contributed by atoms with van der Waals surface area (Å²) < 4.78 is 61.2. The second-order valence-electron chi connectivity index (χ2n) is 11.7. The van der Waals surface area contributed by atoms with E-state index < -0.39 is 71.2 Å². The molecule has 1 aromatic carbocycles. The van der Waals surface area contributed by atoms with Gasteiger partial charge in [-0.2, -0.15) is 5.26 Å². The second kappa shape index (κ2) is 12.3. The fourth-order valence-electron chi connectivity index (χ4n) is 3.89. The lowest BCUT2D eigenvalue weighted by Crippen LogP contribution is -2.56. The molecule has 1 N–H and O–H groups in total. The largest absolute Gasteiger partial charge is 0.455 e. The molecule has 14 heteroatoms. The van der Waals surface area contributed by atoms with Gasteiger partial charge >= 0.3 is 18.2 Å². The van der Waals surface area contributed by atoms with Crippen LogP contribution >= 0.6 is 0 Å². The number of aliphatic imine (C=N–C) groups is 1. The van der Waals surface area contributed by atoms with Crippen LogP contribution in [0.1, 0.15) is 70.1 Å². The van der Waals surface area contributed by atoms with Gasteiger partial charge in [0.25, 0.3) is 5.91 Å². The van der Waals surface area contributed by atoms with Crippen LogP contribution in [-0.2, 0) is 19.7 Å². The fourth-order valence-corrected chi connectivity index (χ4v) is 3.89. The highest BCUT2D eigenvalue weighted by atomic mass is 19.1. The van der Waals surface area contributed by atoms with Gasteiger partial charge in [0.1, 0.15) is 41.0 Å². The van der Waals surface area contributed by atoms with E-state index in [4.69, 9.17) is 19.5 Å². The van der Waals surface area contributed by atoms with Crippen LogP contribution in [0.2, 0.25) is 0 Å². The number of nitrogens with one attached hydrogen (secondary N) is 1. The third kappa shape index (κ3) is 7.79. The number of benzene rings is 1. The summed E-state index contributed by atoms with van der Waals surface area (Å²) in [5.74, 6) is -1.70. The molecule has 0 unspecified atom stereocenters. The van der Waals surface area contributed by atoms with Crippen LogP contribution in [0.5, 0.6) is 0 Å². The molecule has 0 saturated carbocycles. The SMILES string of the molecule is CC(C)(C)OC(=O)N(C(=O)OC(C)(C)C)C1=N[C@](C)(c2cc(NC(=O)c3ccc(C#N)cn3)ccc2F)[C@@H](F)[C@H](CF)O1. The number of imide groups is 1. The van der Waals surface area contributed by atoms with Crippen molar-refractivity contribution >= 4 is 29.8 Å². The van der Waals surface area contributed by atoms with E-state index in [2.05, 4.69) is 15.3 Å². The number of hydrogen-bond acceptors (Lipinski definition) is 9. The normalized spacial score (nSPS) is 20.2. The molecule has 0 fully saturated rings. The summed E-state index contributed by atoms with van der Waals surface area (Å²) in [6, 6.07) is 6.89. The molecule has 3 rings (SSSR count). The van der Waals surface area contributed by atoms with Crippen LogP contribution in [0.15, 0.2) is 41.5 Å². The lowest BCUT2D eigenvalue weighted by molar-refractivity contribution is -0.0214. The second-order valence-corrected chi connectivity index (χ2v) is 11.7. The lowest BCUT2D eigenvalue weighted by Gasteiger charge is -2.40. The molecule has 1 aliphatic rings. The average molecular weight is 604 g/mol. The average Bonchev–Trinajstić information content (AvgIpc) is 2.89. The number of pyridine rings is 1. The molecular weight excluding hydrogens is 571 g/mol. The van der Waals surface area contributed by atoms with Crippen molar-refractivity contribution in [3.63, 3.8) is 0 Å². The van der Waals surface area contributed by atoms with E-state index in [0.29, 0.717) is 0 Å². The zero-order chi connectivity index (χ0) is 32.3. The minimum Gasteiger partial charge on any atom is -0.455 e. The molecule has 0 bridgehead atoms. The Labute approximate surface area is 246 Å². The molecule has 2 heterocycles. The van der Waals surface area contributed by atoms with Gasteiger partial charge in [-0.15, -0.1) is 4.90 Å². The summed E-state index contributed by atoms with van der Waals surface area (Å²) in [7, 11) is 0. The zero-order valence-electron chi connectivity index (χ0n) is 24.7. The first-order valence-corrected chi connectivity index (χ1v) is 13.1. The molecule has 3 atom stereocenters. The number of amides is 3. The minimum atomic E-state index is -2.32. The quantitative estimate of drug-likeness (QED) is 0.462. The number of ether oxygens (including phenoxy) is 3. The Balaban J connectivity index is 2.10. The van der Waals surface area contributed by atoms with Gasteiger partial charge in [0, 0.05) is 17.4 Å². The van der Waals surface area contributed by atoms with Gasteiger partial charge in [-0.05, 0) is 78.8 Å². The number of rotatable bonds is 4. The summed E-state index contributed by atoms with van der Waals surface area (Å²) in [6.07, 6.45) is -5.68. The van der Waals surface area contributed by atoms with E-state index in [0.717, 1.165) is 19.1 Å². The highest BCUT2D eigenvalue weighted by Gasteiger charge is 2.51. The number of halogens is 3. The van der Waals surface area contributed by atoms with Crippen molar-refractivity contribution in [1.82, 2.24) is 9.88 Å². The number of alkyl halides is 2. The van der Waals surface area contributed by atoms with E-state index >= 15 is 8.78 Å². The van der Waals surface area contributed by atoms with Crippen molar-refractivity contribution in [2.24, 2.45) is 4.99 Å². The molecule has 3 amide bonds. The number of aromatic nitrogens is 1. The van der Waals surface area contributed by atoms with Crippen LogP contribution in [0.3, 0.4) is 0 Å². The summed E-state index contributed by atoms with van der Waals surface area (Å²) in [6.45, 7) is 8.83. The van der Waals surface area contributed by atoms with Gasteiger partial charge in [0.05, 0.1) is 5.56 Å². The van der Waals surface area contributed by atoms with Crippen LogP contribution in [0, 0.1) is 17.1 Å². The number of hydrogen-bond donors (Lipinski definition) is 1. The Morgan fingerprint density at radius 3 is 2.19 bits per heavy atom. The molecule has 1 aliphatic heterocycles. The van der Waals surface area contributed by atoms with Crippen molar-refractivity contribution in [3.8, 4) is 6.07 Å². The predicted octanol–water partition coefficient (Wildman–Crippen LogP) is 5.79. The highest BCUT2D eigenvalue weighted by molar-refractivity contribution is 6.06. The van der Waals surface area contributed by atoms with E-state index in [-0.39, 0.29) is 21.8 Å². The predicted molar refractivity (Wildman–Crippen MR) is 148 cm³/mol. The van der Waals surface area contributed by atoms with Crippen molar-refractivity contribution in [1.29, 1.82) is 5.26 Å². The molecular formula is C29H32F3N5O6. The Hall–Kier alpha value is -4.67. The summed E-state index contributed by atoms with van der Waals surface area (Å²) in [5.41, 5.74) is -4.78. The van der Waals surface area contributed by atoms with Crippen molar-refractivity contribution in [3.05, 3.63) is 59.2 Å². The summed E-state index contributed by atoms with van der Waals surface area (Å²) in [5, 5.41) is 11.4. The molecule has 11 nitrogen and oxygen atoms in total. The third-order valence-corrected chi connectivity index (χ3v) is 5.84. The lowest BCUT2D eigenvalue weighted by atomic mass is 9.84. The van der Waals surface area contributed by atoms with Gasteiger partial charge < -0.3 is 19.5 Å². The number of nitrogens with zero attached hydrogens (tertiary/aromatic N) is 4. The van der Waals surface area contributed by atoms with E-state index in [1.807, 2.05) is 6.07 Å². The number of amidine groups is 1. The van der Waals surface area contributed by atoms with E-state index in [9.17, 15) is 18.8 Å². The van der Waals surface area contributed by atoms with Gasteiger partial charge in [0.2, 0.25) is 0 Å². The van der Waals surface area contributed by atoms with Crippen molar-refractivity contribution in [2.75, 3.05) is 12.0 Å². The Morgan fingerprint density at radius 2 is 1.70 bits per heavy atom. The topological polar surface area (TPSA) is 143 Å².